The lowest BCUT2D eigenvalue weighted by atomic mass is 10.1. The van der Waals surface area contributed by atoms with Gasteiger partial charge in [-0.3, -0.25) is 0 Å². The van der Waals surface area contributed by atoms with Gasteiger partial charge in [-0.2, -0.15) is 0 Å². The molecule has 8 nitrogen and oxygen atoms in total. The molecule has 156 valence electrons. The minimum atomic E-state index is -0.644. The Morgan fingerprint density at radius 1 is 0.935 bits per heavy atom. The number of ether oxygens (including phenoxy) is 2. The first-order valence-electron chi connectivity index (χ1n) is 9.54. The Hall–Kier alpha value is -4.20. The van der Waals surface area contributed by atoms with Crippen LogP contribution in [0.3, 0.4) is 0 Å². The number of methoxy groups -OCH3 is 2. The predicted molar refractivity (Wildman–Crippen MR) is 115 cm³/mol. The number of hydrogen-bond donors (Lipinski definition) is 0. The summed E-state index contributed by atoms with van der Waals surface area (Å²) in [5.74, 6) is -1.27. The van der Waals surface area contributed by atoms with Crippen LogP contribution in [0.15, 0.2) is 84.2 Å². The van der Waals surface area contributed by atoms with Gasteiger partial charge in [0, 0.05) is 11.9 Å². The molecule has 0 unspecified atom stereocenters. The summed E-state index contributed by atoms with van der Waals surface area (Å²) in [5, 5.41) is 8.39. The average Bonchev–Trinajstić information content (AvgIpc) is 3.08. The van der Waals surface area contributed by atoms with Crippen molar-refractivity contribution < 1.29 is 19.1 Å². The number of rotatable bonds is 5. The minimum absolute atomic E-state index is 0.0781. The van der Waals surface area contributed by atoms with Gasteiger partial charge >= 0.3 is 11.9 Å². The van der Waals surface area contributed by atoms with E-state index in [-0.39, 0.29) is 11.3 Å². The Kier molecular flexibility index (Phi) is 5.61. The molecular weight excluding hydrogens is 396 g/mol. The lowest BCUT2D eigenvalue weighted by Gasteiger charge is -2.23. The van der Waals surface area contributed by atoms with E-state index in [9.17, 15) is 9.59 Å². The molecule has 0 amide bonds. The van der Waals surface area contributed by atoms with Gasteiger partial charge in [-0.1, -0.05) is 35.6 Å². The first kappa shape index (κ1) is 20.1. The number of para-hydroxylation sites is 1. The average molecular weight is 416 g/mol. The Balaban J connectivity index is 1.66. The zero-order valence-corrected chi connectivity index (χ0v) is 17.1. The van der Waals surface area contributed by atoms with Gasteiger partial charge in [0.25, 0.3) is 0 Å². The summed E-state index contributed by atoms with van der Waals surface area (Å²) in [5.41, 5.74) is 3.67. The van der Waals surface area contributed by atoms with E-state index in [1.807, 2.05) is 53.2 Å². The molecule has 0 saturated heterocycles. The number of benzene rings is 2. The monoisotopic (exact) mass is 416 g/mol. The summed E-state index contributed by atoms with van der Waals surface area (Å²) in [7, 11) is 2.54. The van der Waals surface area contributed by atoms with Crippen molar-refractivity contribution in [1.29, 1.82) is 0 Å². The van der Waals surface area contributed by atoms with Gasteiger partial charge in [0.15, 0.2) is 0 Å². The van der Waals surface area contributed by atoms with Crippen LogP contribution >= 0.6 is 0 Å². The van der Waals surface area contributed by atoms with Gasteiger partial charge in [-0.05, 0) is 42.0 Å². The Morgan fingerprint density at radius 2 is 1.68 bits per heavy atom. The fraction of sp³-hybridized carbons (Fsp3) is 0.130. The third kappa shape index (κ3) is 3.95. The second-order valence-corrected chi connectivity index (χ2v) is 6.72. The van der Waals surface area contributed by atoms with Crippen molar-refractivity contribution in [3.8, 4) is 0 Å². The molecule has 0 aliphatic carbocycles. The molecule has 0 spiro atoms. The smallest absolute Gasteiger partial charge is 0.355 e. The Labute approximate surface area is 178 Å². The molecule has 0 bridgehead atoms. The maximum absolute atomic E-state index is 12.5. The molecule has 4 rings (SSSR count). The summed E-state index contributed by atoms with van der Waals surface area (Å²) in [6, 6.07) is 15.4. The van der Waals surface area contributed by atoms with Gasteiger partial charge in [0.2, 0.25) is 0 Å². The van der Waals surface area contributed by atoms with Crippen molar-refractivity contribution in [3.05, 3.63) is 89.8 Å². The molecular formula is C23H20N4O4. The molecule has 2 heterocycles. The van der Waals surface area contributed by atoms with Crippen LogP contribution in [0.2, 0.25) is 0 Å². The molecule has 2 aromatic carbocycles. The number of allylic oxidation sites excluding steroid dienone is 2. The quantitative estimate of drug-likeness (QED) is 0.591. The third-order valence-corrected chi connectivity index (χ3v) is 4.86. The topological polar surface area (TPSA) is 86.6 Å². The molecule has 1 aromatic heterocycles. The summed E-state index contributed by atoms with van der Waals surface area (Å²) in [6.07, 6.45) is 6.62. The number of esters is 2. The van der Waals surface area contributed by atoms with Crippen molar-refractivity contribution in [2.75, 3.05) is 19.1 Å². The molecule has 1 aliphatic heterocycles. The number of hydrogen-bond acceptors (Lipinski definition) is 7. The third-order valence-electron chi connectivity index (χ3n) is 4.86. The van der Waals surface area contributed by atoms with Crippen LogP contribution in [0.5, 0.6) is 0 Å². The van der Waals surface area contributed by atoms with Crippen LogP contribution in [0.1, 0.15) is 5.56 Å². The van der Waals surface area contributed by atoms with Crippen molar-refractivity contribution in [3.63, 3.8) is 0 Å². The fourth-order valence-electron chi connectivity index (χ4n) is 3.33. The molecule has 31 heavy (non-hydrogen) atoms. The summed E-state index contributed by atoms with van der Waals surface area (Å²) in [6.45, 7) is 0.547. The highest BCUT2D eigenvalue weighted by Gasteiger charge is 2.27. The molecule has 0 saturated carbocycles. The maximum atomic E-state index is 12.5. The van der Waals surface area contributed by atoms with E-state index in [0.29, 0.717) is 12.2 Å². The second-order valence-electron chi connectivity index (χ2n) is 6.72. The minimum Gasteiger partial charge on any atom is -0.465 e. The highest BCUT2D eigenvalue weighted by atomic mass is 16.5. The zero-order valence-electron chi connectivity index (χ0n) is 17.1. The molecule has 3 aromatic rings. The first-order chi connectivity index (χ1) is 15.1. The van der Waals surface area contributed by atoms with E-state index in [1.54, 1.807) is 23.3 Å². The van der Waals surface area contributed by atoms with E-state index >= 15 is 0 Å². The van der Waals surface area contributed by atoms with E-state index < -0.39 is 11.9 Å². The van der Waals surface area contributed by atoms with E-state index in [2.05, 4.69) is 10.3 Å². The standard InChI is InChI=1S/C23H20N4O4/c1-30-22(28)18-7-5-6-14-26(21(18)23(29)31-2)17-12-10-16(11-13-17)15-27-20-9-4-3-8-19(20)24-25-27/h3-14H,15H2,1-2H3. The number of nitrogens with zero attached hydrogens (tertiary/aromatic N) is 4. The summed E-state index contributed by atoms with van der Waals surface area (Å²) in [4.78, 5) is 26.4. The lowest BCUT2D eigenvalue weighted by molar-refractivity contribution is -0.139. The van der Waals surface area contributed by atoms with Gasteiger partial charge in [-0.25, -0.2) is 14.3 Å². The summed E-state index contributed by atoms with van der Waals surface area (Å²) >= 11 is 0. The number of anilines is 1. The summed E-state index contributed by atoms with van der Waals surface area (Å²) < 4.78 is 11.6. The molecule has 1 aliphatic rings. The maximum Gasteiger partial charge on any atom is 0.355 e. The molecule has 8 heteroatoms. The first-order valence-corrected chi connectivity index (χ1v) is 9.54. The van der Waals surface area contributed by atoms with Crippen LogP contribution in [0.25, 0.3) is 11.0 Å². The molecule has 0 N–H and O–H groups in total. The Bertz CT molecular complexity index is 1220. The van der Waals surface area contributed by atoms with E-state index in [0.717, 1.165) is 16.6 Å². The van der Waals surface area contributed by atoms with Crippen LogP contribution in [0.4, 0.5) is 5.69 Å². The SMILES string of the molecule is COC(=O)C1=C(C(=O)OC)N(c2ccc(Cn3nnc4ccccc43)cc2)C=CC=C1. The highest BCUT2D eigenvalue weighted by Crippen LogP contribution is 2.27. The number of carbonyl (C=O) groups is 2. The highest BCUT2D eigenvalue weighted by molar-refractivity contribution is 6.05. The molecule has 0 radical (unpaired) electrons. The normalized spacial score (nSPS) is 13.4. The number of fused-ring (bicyclic) bond motifs is 1. The van der Waals surface area contributed by atoms with E-state index in [1.165, 1.54) is 20.3 Å². The van der Waals surface area contributed by atoms with Crippen LogP contribution in [-0.4, -0.2) is 41.2 Å². The zero-order chi connectivity index (χ0) is 21.8. The van der Waals surface area contributed by atoms with Crippen LogP contribution in [-0.2, 0) is 25.6 Å². The van der Waals surface area contributed by atoms with Gasteiger partial charge in [-0.15, -0.1) is 5.10 Å². The van der Waals surface area contributed by atoms with Crippen molar-refractivity contribution in [2.24, 2.45) is 0 Å². The van der Waals surface area contributed by atoms with Crippen molar-refractivity contribution in [2.45, 2.75) is 6.54 Å². The Morgan fingerprint density at radius 3 is 2.42 bits per heavy atom. The number of carbonyl (C=O) groups excluding carboxylic acids is 2. The van der Waals surface area contributed by atoms with E-state index in [4.69, 9.17) is 9.47 Å². The van der Waals surface area contributed by atoms with Crippen LogP contribution in [0, 0.1) is 0 Å². The van der Waals surface area contributed by atoms with Crippen molar-refractivity contribution >= 4 is 28.7 Å². The second kappa shape index (κ2) is 8.66. The number of aromatic nitrogens is 3. The van der Waals surface area contributed by atoms with Gasteiger partial charge in [0.05, 0.1) is 31.9 Å². The lowest BCUT2D eigenvalue weighted by Crippen LogP contribution is -2.26. The van der Waals surface area contributed by atoms with Gasteiger partial charge < -0.3 is 14.4 Å². The van der Waals surface area contributed by atoms with Crippen molar-refractivity contribution in [1.82, 2.24) is 15.0 Å². The predicted octanol–water partition coefficient (Wildman–Crippen LogP) is 2.97. The fourth-order valence-corrected chi connectivity index (χ4v) is 3.33. The largest absolute Gasteiger partial charge is 0.465 e. The molecule has 0 atom stereocenters. The van der Waals surface area contributed by atoms with Gasteiger partial charge in [0.1, 0.15) is 11.2 Å². The van der Waals surface area contributed by atoms with Crippen LogP contribution < -0.4 is 4.90 Å². The molecule has 0 fully saturated rings.